The maximum absolute atomic E-state index is 11.9. The van der Waals surface area contributed by atoms with Gasteiger partial charge in [0.1, 0.15) is 5.75 Å². The molecule has 5 heteroatoms. The number of methoxy groups -OCH3 is 1. The highest BCUT2D eigenvalue weighted by Crippen LogP contribution is 2.22. The first-order valence-corrected chi connectivity index (χ1v) is 6.12. The van der Waals surface area contributed by atoms with Gasteiger partial charge in [-0.05, 0) is 24.6 Å². The van der Waals surface area contributed by atoms with Crippen molar-refractivity contribution in [2.45, 2.75) is 13.0 Å². The van der Waals surface area contributed by atoms with Gasteiger partial charge in [-0.1, -0.05) is 19.1 Å². The van der Waals surface area contributed by atoms with E-state index in [-0.39, 0.29) is 12.1 Å². The maximum Gasteiger partial charge on any atom is 0.319 e. The number of ether oxygens (including phenoxy) is 1. The Labute approximate surface area is 107 Å². The number of carbonyl (C=O) groups is 1. The molecule has 18 heavy (non-hydrogen) atoms. The second kappa shape index (κ2) is 5.73. The van der Waals surface area contributed by atoms with Crippen LogP contribution in [0.2, 0.25) is 0 Å². The molecule has 0 bridgehead atoms. The van der Waals surface area contributed by atoms with E-state index in [4.69, 9.17) is 4.74 Å². The van der Waals surface area contributed by atoms with Crippen LogP contribution in [0.1, 0.15) is 6.92 Å². The van der Waals surface area contributed by atoms with Gasteiger partial charge >= 0.3 is 6.03 Å². The van der Waals surface area contributed by atoms with E-state index >= 15 is 0 Å². The number of anilines is 1. The van der Waals surface area contributed by atoms with E-state index in [9.17, 15) is 4.79 Å². The predicted molar refractivity (Wildman–Crippen MR) is 71.0 cm³/mol. The lowest BCUT2D eigenvalue weighted by atomic mass is 10.1. The topological polar surface area (TPSA) is 62.4 Å². The van der Waals surface area contributed by atoms with E-state index in [1.165, 1.54) is 0 Å². The van der Waals surface area contributed by atoms with E-state index in [0.717, 1.165) is 13.1 Å². The second-order valence-corrected chi connectivity index (χ2v) is 4.54. The smallest absolute Gasteiger partial charge is 0.319 e. The zero-order valence-electron chi connectivity index (χ0n) is 10.7. The third-order valence-electron chi connectivity index (χ3n) is 3.19. The normalized spacial score (nSPS) is 22.6. The Morgan fingerprint density at radius 1 is 1.39 bits per heavy atom. The van der Waals surface area contributed by atoms with Crippen molar-refractivity contribution < 1.29 is 9.53 Å². The minimum absolute atomic E-state index is 0.180. The highest BCUT2D eigenvalue weighted by molar-refractivity contribution is 5.91. The van der Waals surface area contributed by atoms with Crippen molar-refractivity contribution in [1.29, 1.82) is 0 Å². The van der Waals surface area contributed by atoms with Crippen molar-refractivity contribution in [2.75, 3.05) is 25.5 Å². The van der Waals surface area contributed by atoms with Crippen LogP contribution in [0.3, 0.4) is 0 Å². The average molecular weight is 249 g/mol. The Morgan fingerprint density at radius 2 is 2.17 bits per heavy atom. The number of para-hydroxylation sites is 2. The summed E-state index contributed by atoms with van der Waals surface area (Å²) in [5.41, 5.74) is 0.677. The van der Waals surface area contributed by atoms with Crippen molar-refractivity contribution in [2.24, 2.45) is 5.92 Å². The van der Waals surface area contributed by atoms with E-state index in [0.29, 0.717) is 17.4 Å². The minimum Gasteiger partial charge on any atom is -0.495 e. The molecule has 5 nitrogen and oxygen atoms in total. The van der Waals surface area contributed by atoms with Crippen LogP contribution in [-0.2, 0) is 0 Å². The summed E-state index contributed by atoms with van der Waals surface area (Å²) >= 11 is 0. The molecule has 0 radical (unpaired) electrons. The fourth-order valence-corrected chi connectivity index (χ4v) is 2.08. The van der Waals surface area contributed by atoms with Gasteiger partial charge < -0.3 is 20.7 Å². The van der Waals surface area contributed by atoms with Gasteiger partial charge in [0.2, 0.25) is 0 Å². The summed E-state index contributed by atoms with van der Waals surface area (Å²) in [4.78, 5) is 11.9. The van der Waals surface area contributed by atoms with E-state index < -0.39 is 0 Å². The molecule has 2 unspecified atom stereocenters. The number of hydrogen-bond donors (Lipinski definition) is 3. The largest absolute Gasteiger partial charge is 0.495 e. The second-order valence-electron chi connectivity index (χ2n) is 4.54. The SMILES string of the molecule is COc1ccccc1NC(=O)NC1CNCC1C. The van der Waals surface area contributed by atoms with Gasteiger partial charge in [0.25, 0.3) is 0 Å². The highest BCUT2D eigenvalue weighted by atomic mass is 16.5. The first-order chi connectivity index (χ1) is 8.70. The fraction of sp³-hybridized carbons (Fsp3) is 0.462. The number of hydrogen-bond acceptors (Lipinski definition) is 3. The average Bonchev–Trinajstić information content (AvgIpc) is 2.75. The Kier molecular flexibility index (Phi) is 4.04. The molecule has 2 atom stereocenters. The molecule has 0 spiro atoms. The van der Waals surface area contributed by atoms with E-state index in [1.54, 1.807) is 7.11 Å². The third-order valence-corrected chi connectivity index (χ3v) is 3.19. The molecular formula is C13H19N3O2. The molecule has 98 valence electrons. The highest BCUT2D eigenvalue weighted by Gasteiger charge is 2.24. The van der Waals surface area contributed by atoms with Crippen LogP contribution in [0.4, 0.5) is 10.5 Å². The fourth-order valence-electron chi connectivity index (χ4n) is 2.08. The molecule has 1 fully saturated rings. The number of carbonyl (C=O) groups excluding carboxylic acids is 1. The summed E-state index contributed by atoms with van der Waals surface area (Å²) in [6, 6.07) is 7.34. The van der Waals surface area contributed by atoms with Gasteiger partial charge in [-0.25, -0.2) is 4.79 Å². The van der Waals surface area contributed by atoms with Crippen LogP contribution in [0, 0.1) is 5.92 Å². The monoisotopic (exact) mass is 249 g/mol. The first kappa shape index (κ1) is 12.7. The molecule has 1 aromatic carbocycles. The first-order valence-electron chi connectivity index (χ1n) is 6.12. The Hall–Kier alpha value is -1.75. The van der Waals surface area contributed by atoms with Crippen LogP contribution in [0.15, 0.2) is 24.3 Å². The minimum atomic E-state index is -0.194. The van der Waals surface area contributed by atoms with Gasteiger partial charge in [-0.3, -0.25) is 0 Å². The summed E-state index contributed by atoms with van der Waals surface area (Å²) in [5, 5.41) is 9.01. The Balaban J connectivity index is 1.94. The van der Waals surface area contributed by atoms with Gasteiger partial charge in [-0.15, -0.1) is 0 Å². The third kappa shape index (κ3) is 2.92. The molecule has 2 rings (SSSR count). The van der Waals surface area contributed by atoms with Crippen LogP contribution < -0.4 is 20.7 Å². The molecule has 0 saturated carbocycles. The molecule has 1 aliphatic heterocycles. The molecule has 1 aliphatic rings. The number of rotatable bonds is 3. The molecule has 0 aromatic heterocycles. The molecule has 1 aromatic rings. The number of urea groups is 1. The summed E-state index contributed by atoms with van der Waals surface area (Å²) in [7, 11) is 1.58. The van der Waals surface area contributed by atoms with Gasteiger partial charge in [0.05, 0.1) is 12.8 Å². The van der Waals surface area contributed by atoms with Crippen molar-refractivity contribution >= 4 is 11.7 Å². The Bertz CT molecular complexity index is 422. The van der Waals surface area contributed by atoms with Gasteiger partial charge in [-0.2, -0.15) is 0 Å². The van der Waals surface area contributed by atoms with Crippen molar-refractivity contribution in [3.63, 3.8) is 0 Å². The molecular weight excluding hydrogens is 230 g/mol. The van der Waals surface area contributed by atoms with Crippen LogP contribution in [-0.4, -0.2) is 32.3 Å². The molecule has 2 amide bonds. The predicted octanol–water partition coefficient (Wildman–Crippen LogP) is 1.42. The number of nitrogens with one attached hydrogen (secondary N) is 3. The lowest BCUT2D eigenvalue weighted by Crippen LogP contribution is -2.41. The summed E-state index contributed by atoms with van der Waals surface area (Å²) in [6.07, 6.45) is 0. The molecule has 0 aliphatic carbocycles. The molecule has 1 heterocycles. The number of amides is 2. The van der Waals surface area contributed by atoms with Crippen molar-refractivity contribution in [1.82, 2.24) is 10.6 Å². The zero-order chi connectivity index (χ0) is 13.0. The summed E-state index contributed by atoms with van der Waals surface area (Å²) < 4.78 is 5.18. The van der Waals surface area contributed by atoms with Crippen molar-refractivity contribution in [3.05, 3.63) is 24.3 Å². The van der Waals surface area contributed by atoms with Crippen LogP contribution in [0.25, 0.3) is 0 Å². The quantitative estimate of drug-likeness (QED) is 0.759. The molecule has 1 saturated heterocycles. The van der Waals surface area contributed by atoms with Gasteiger partial charge in [0, 0.05) is 12.6 Å². The van der Waals surface area contributed by atoms with Gasteiger partial charge in [0.15, 0.2) is 0 Å². The van der Waals surface area contributed by atoms with Crippen molar-refractivity contribution in [3.8, 4) is 5.75 Å². The van der Waals surface area contributed by atoms with E-state index in [1.807, 2.05) is 24.3 Å². The Morgan fingerprint density at radius 3 is 2.83 bits per heavy atom. The van der Waals surface area contributed by atoms with Crippen LogP contribution >= 0.6 is 0 Å². The number of benzene rings is 1. The zero-order valence-corrected chi connectivity index (χ0v) is 10.7. The maximum atomic E-state index is 11.9. The summed E-state index contributed by atoms with van der Waals surface area (Å²) in [6.45, 7) is 3.88. The lowest BCUT2D eigenvalue weighted by molar-refractivity contribution is 0.247. The summed E-state index contributed by atoms with van der Waals surface area (Å²) in [5.74, 6) is 1.11. The van der Waals surface area contributed by atoms with E-state index in [2.05, 4.69) is 22.9 Å². The standard InChI is InChI=1S/C13H19N3O2/c1-9-7-14-8-11(9)16-13(17)15-10-5-3-4-6-12(10)18-2/h3-6,9,11,14H,7-8H2,1-2H3,(H2,15,16,17). The molecule has 3 N–H and O–H groups in total. The lowest BCUT2D eigenvalue weighted by Gasteiger charge is -2.17. The van der Waals surface area contributed by atoms with Crippen LogP contribution in [0.5, 0.6) is 5.75 Å².